The Kier molecular flexibility index (Phi) is 8.20. The molecule has 5 N–H and O–H groups in total. The summed E-state index contributed by atoms with van der Waals surface area (Å²) in [6.07, 6.45) is 8.22. The van der Waals surface area contributed by atoms with Gasteiger partial charge in [0, 0.05) is 37.4 Å². The molecule has 0 aliphatic carbocycles. The molecule has 35 heavy (non-hydrogen) atoms. The molecule has 0 bridgehead atoms. The number of hydrogen-bond acceptors (Lipinski definition) is 8. The van der Waals surface area contributed by atoms with Gasteiger partial charge < -0.3 is 31.3 Å². The van der Waals surface area contributed by atoms with Gasteiger partial charge in [-0.05, 0) is 63.0 Å². The van der Waals surface area contributed by atoms with Crippen LogP contribution in [0.25, 0.3) is 6.08 Å². The van der Waals surface area contributed by atoms with Crippen LogP contribution in [0.3, 0.4) is 0 Å². The molecule has 0 saturated carbocycles. The van der Waals surface area contributed by atoms with E-state index < -0.39 is 6.23 Å². The molecule has 2 aliphatic rings. The van der Waals surface area contributed by atoms with Crippen LogP contribution in [0.5, 0.6) is 0 Å². The minimum atomic E-state index is -0.906. The Balaban J connectivity index is 1.36. The van der Waals surface area contributed by atoms with E-state index in [0.29, 0.717) is 41.8 Å². The summed E-state index contributed by atoms with van der Waals surface area (Å²) in [5.74, 6) is 0.692. The van der Waals surface area contributed by atoms with Gasteiger partial charge in [0.25, 0.3) is 5.91 Å². The lowest BCUT2D eigenvalue weighted by Gasteiger charge is -2.32. The SMILES string of the molecule is CCCCNc1nc(N)nc2c1C(O)N(Cc1ccc(C(=O)NCCC3CCCN3C)cc1)C=C2. The van der Waals surface area contributed by atoms with Gasteiger partial charge in [-0.3, -0.25) is 4.79 Å². The Bertz CT molecular complexity index is 1040. The molecule has 188 valence electrons. The molecule has 1 amide bonds. The van der Waals surface area contributed by atoms with Crippen LogP contribution in [0.2, 0.25) is 0 Å². The number of nitrogens with one attached hydrogen (secondary N) is 2. The maximum Gasteiger partial charge on any atom is 0.251 e. The highest BCUT2D eigenvalue weighted by Crippen LogP contribution is 2.33. The number of nitrogen functional groups attached to an aromatic ring is 1. The number of benzene rings is 1. The minimum absolute atomic E-state index is 0.0541. The standard InChI is InChI=1S/C26H37N7O2/c1-3-4-13-28-23-22-21(30-26(27)31-23)12-16-33(25(22)35)17-18-7-9-19(10-8-18)24(34)29-14-11-20-6-5-15-32(20)2/h7-10,12,16,20,25,35H,3-6,11,13-15,17H2,1-2H3,(H,29,34)(H3,27,28,30,31). The number of aromatic nitrogens is 2. The molecule has 0 spiro atoms. The van der Waals surface area contributed by atoms with Crippen LogP contribution in [0.4, 0.5) is 11.8 Å². The van der Waals surface area contributed by atoms with E-state index in [2.05, 4.69) is 39.5 Å². The normalized spacial score (nSPS) is 19.6. The second-order valence-corrected chi connectivity index (χ2v) is 9.39. The van der Waals surface area contributed by atoms with E-state index in [1.807, 2.05) is 41.4 Å². The zero-order valence-corrected chi connectivity index (χ0v) is 20.7. The Morgan fingerprint density at radius 2 is 2.03 bits per heavy atom. The lowest BCUT2D eigenvalue weighted by molar-refractivity contribution is 0.0296. The molecule has 1 aromatic heterocycles. The maximum absolute atomic E-state index is 12.5. The number of rotatable bonds is 10. The average molecular weight is 480 g/mol. The highest BCUT2D eigenvalue weighted by Gasteiger charge is 2.27. The van der Waals surface area contributed by atoms with Crippen molar-refractivity contribution in [2.75, 3.05) is 37.7 Å². The molecule has 3 heterocycles. The van der Waals surface area contributed by atoms with E-state index in [-0.39, 0.29) is 11.9 Å². The van der Waals surface area contributed by atoms with Crippen LogP contribution >= 0.6 is 0 Å². The zero-order chi connectivity index (χ0) is 24.8. The van der Waals surface area contributed by atoms with Crippen molar-refractivity contribution >= 4 is 23.7 Å². The number of carbonyl (C=O) groups is 1. The molecule has 9 nitrogen and oxygen atoms in total. The third-order valence-corrected chi connectivity index (χ3v) is 6.83. The van der Waals surface area contributed by atoms with Crippen molar-refractivity contribution in [3.05, 3.63) is 52.8 Å². The smallest absolute Gasteiger partial charge is 0.251 e. The molecular formula is C26H37N7O2. The van der Waals surface area contributed by atoms with Crippen molar-refractivity contribution in [2.45, 2.75) is 57.8 Å². The summed E-state index contributed by atoms with van der Waals surface area (Å²) in [6, 6.07) is 8.09. The number of hydrogen-bond donors (Lipinski definition) is 4. The number of anilines is 2. The summed E-state index contributed by atoms with van der Waals surface area (Å²) in [5.41, 5.74) is 8.74. The number of aliphatic hydroxyl groups excluding tert-OH is 1. The van der Waals surface area contributed by atoms with Crippen molar-refractivity contribution < 1.29 is 9.90 Å². The lowest BCUT2D eigenvalue weighted by atomic mass is 10.1. The van der Waals surface area contributed by atoms with Gasteiger partial charge in [-0.1, -0.05) is 25.5 Å². The van der Waals surface area contributed by atoms with Crippen LogP contribution in [0.15, 0.2) is 30.5 Å². The lowest BCUT2D eigenvalue weighted by Crippen LogP contribution is -2.31. The quantitative estimate of drug-likeness (QED) is 0.384. The molecule has 0 radical (unpaired) electrons. The van der Waals surface area contributed by atoms with E-state index in [4.69, 9.17) is 5.73 Å². The molecule has 2 aromatic rings. The number of fused-ring (bicyclic) bond motifs is 1. The molecule has 1 saturated heterocycles. The number of aliphatic hydroxyl groups is 1. The van der Waals surface area contributed by atoms with Crippen molar-refractivity contribution in [1.29, 1.82) is 0 Å². The number of amides is 1. The zero-order valence-electron chi connectivity index (χ0n) is 20.7. The number of unbranched alkanes of at least 4 members (excludes halogenated alkanes) is 1. The van der Waals surface area contributed by atoms with E-state index in [0.717, 1.165) is 37.9 Å². The highest BCUT2D eigenvalue weighted by molar-refractivity contribution is 5.94. The summed E-state index contributed by atoms with van der Waals surface area (Å²) in [7, 11) is 2.15. The summed E-state index contributed by atoms with van der Waals surface area (Å²) < 4.78 is 0. The highest BCUT2D eigenvalue weighted by atomic mass is 16.3. The summed E-state index contributed by atoms with van der Waals surface area (Å²) in [5, 5.41) is 17.4. The Hall–Kier alpha value is -3.17. The molecular weight excluding hydrogens is 442 g/mol. The predicted molar refractivity (Wildman–Crippen MR) is 138 cm³/mol. The van der Waals surface area contributed by atoms with E-state index in [1.165, 1.54) is 12.8 Å². The molecule has 2 atom stereocenters. The van der Waals surface area contributed by atoms with Crippen LogP contribution in [-0.4, -0.2) is 63.5 Å². The van der Waals surface area contributed by atoms with Gasteiger partial charge in [0.2, 0.25) is 5.95 Å². The Morgan fingerprint density at radius 3 is 2.74 bits per heavy atom. The van der Waals surface area contributed by atoms with Crippen LogP contribution in [-0.2, 0) is 6.54 Å². The topological polar surface area (TPSA) is 120 Å². The minimum Gasteiger partial charge on any atom is -0.370 e. The molecule has 4 rings (SSSR count). The fourth-order valence-electron chi connectivity index (χ4n) is 4.73. The fraction of sp³-hybridized carbons (Fsp3) is 0.500. The van der Waals surface area contributed by atoms with Crippen molar-refractivity contribution in [2.24, 2.45) is 0 Å². The van der Waals surface area contributed by atoms with Gasteiger partial charge in [0.1, 0.15) is 5.82 Å². The van der Waals surface area contributed by atoms with Crippen molar-refractivity contribution in [1.82, 2.24) is 25.1 Å². The van der Waals surface area contributed by atoms with Gasteiger partial charge in [-0.2, -0.15) is 4.98 Å². The van der Waals surface area contributed by atoms with E-state index in [9.17, 15) is 9.90 Å². The fourth-order valence-corrected chi connectivity index (χ4v) is 4.73. The first kappa shape index (κ1) is 24.9. The van der Waals surface area contributed by atoms with Gasteiger partial charge >= 0.3 is 0 Å². The van der Waals surface area contributed by atoms with Crippen LogP contribution in [0, 0.1) is 0 Å². The monoisotopic (exact) mass is 479 g/mol. The molecule has 9 heteroatoms. The second kappa shape index (κ2) is 11.5. The van der Waals surface area contributed by atoms with Gasteiger partial charge in [-0.25, -0.2) is 4.98 Å². The first-order valence-electron chi connectivity index (χ1n) is 12.6. The van der Waals surface area contributed by atoms with Crippen LogP contribution in [0.1, 0.15) is 72.4 Å². The summed E-state index contributed by atoms with van der Waals surface area (Å²) in [6.45, 7) is 5.17. The van der Waals surface area contributed by atoms with Gasteiger partial charge in [0.05, 0.1) is 11.3 Å². The number of nitrogens with two attached hydrogens (primary N) is 1. The predicted octanol–water partition coefficient (Wildman–Crippen LogP) is 2.96. The third kappa shape index (κ3) is 6.10. The number of nitrogens with zero attached hydrogens (tertiary/aromatic N) is 4. The second-order valence-electron chi connectivity index (χ2n) is 9.39. The largest absolute Gasteiger partial charge is 0.370 e. The third-order valence-electron chi connectivity index (χ3n) is 6.83. The molecule has 2 aliphatic heterocycles. The molecule has 1 aromatic carbocycles. The average Bonchev–Trinajstić information content (AvgIpc) is 3.25. The molecule has 2 unspecified atom stereocenters. The summed E-state index contributed by atoms with van der Waals surface area (Å²) in [4.78, 5) is 25.3. The number of likely N-dealkylation sites (tertiary alicyclic amines) is 1. The first-order valence-corrected chi connectivity index (χ1v) is 12.6. The first-order chi connectivity index (χ1) is 17.0. The Labute approximate surface area is 207 Å². The van der Waals surface area contributed by atoms with E-state index >= 15 is 0 Å². The van der Waals surface area contributed by atoms with E-state index in [1.54, 1.807) is 0 Å². The van der Waals surface area contributed by atoms with Gasteiger partial charge in [-0.15, -0.1) is 0 Å². The Morgan fingerprint density at radius 1 is 1.23 bits per heavy atom. The molecule has 1 fully saturated rings. The maximum atomic E-state index is 12.5. The van der Waals surface area contributed by atoms with Gasteiger partial charge in [0.15, 0.2) is 6.23 Å². The van der Waals surface area contributed by atoms with Crippen molar-refractivity contribution in [3.8, 4) is 0 Å². The number of carbonyl (C=O) groups excluding carboxylic acids is 1. The summed E-state index contributed by atoms with van der Waals surface area (Å²) >= 11 is 0. The van der Waals surface area contributed by atoms with Crippen LogP contribution < -0.4 is 16.4 Å². The van der Waals surface area contributed by atoms with Crippen molar-refractivity contribution in [3.63, 3.8) is 0 Å².